The summed E-state index contributed by atoms with van der Waals surface area (Å²) in [7, 11) is 1.76. The van der Waals surface area contributed by atoms with Gasteiger partial charge < -0.3 is 5.21 Å². The van der Waals surface area contributed by atoms with Crippen molar-refractivity contribution < 1.29 is 13.5 Å². The molecule has 0 spiro atoms. The van der Waals surface area contributed by atoms with E-state index in [-0.39, 0.29) is 22.0 Å². The fraction of sp³-hybridized carbons (Fsp3) is 0.115. The van der Waals surface area contributed by atoms with Gasteiger partial charge in [0.25, 0.3) is 0 Å². The Kier molecular flexibility index (Phi) is 6.48. The highest BCUT2D eigenvalue weighted by Gasteiger charge is 2.26. The summed E-state index contributed by atoms with van der Waals surface area (Å²) in [5.74, 6) is -1.08. The second-order valence-corrected chi connectivity index (χ2v) is 9.38. The molecule has 4 aromatic heterocycles. The summed E-state index contributed by atoms with van der Waals surface area (Å²) in [6.07, 6.45) is 7.96. The number of halogens is 3. The first kappa shape index (κ1) is 25.2. The van der Waals surface area contributed by atoms with Crippen LogP contribution >= 0.6 is 11.6 Å². The zero-order chi connectivity index (χ0) is 27.8. The number of aromatic nitrogens is 10. The molecule has 0 fully saturated rings. The van der Waals surface area contributed by atoms with Crippen molar-refractivity contribution in [3.8, 4) is 28.1 Å². The fourth-order valence-electron chi connectivity index (χ4n) is 4.55. The molecule has 6 aromatic rings. The van der Waals surface area contributed by atoms with Crippen molar-refractivity contribution in [2.45, 2.75) is 12.5 Å². The Bertz CT molecular complexity index is 1800. The molecule has 0 saturated heterocycles. The molecule has 6 rings (SSSR count). The summed E-state index contributed by atoms with van der Waals surface area (Å²) in [6.45, 7) is 0. The number of tetrazole rings is 1. The summed E-state index contributed by atoms with van der Waals surface area (Å²) >= 11 is 6.09. The van der Waals surface area contributed by atoms with E-state index >= 15 is 4.39 Å². The number of nitrogens with zero attached hydrogens (tertiary/aromatic N) is 10. The lowest BCUT2D eigenvalue weighted by atomic mass is 10.00. The van der Waals surface area contributed by atoms with E-state index < -0.39 is 11.9 Å². The highest BCUT2D eigenvalue weighted by atomic mass is 35.5. The fourth-order valence-corrected chi connectivity index (χ4v) is 4.70. The number of benzene rings is 2. The minimum atomic E-state index is -0.716. The number of hydrogen-bond acceptors (Lipinski definition) is 7. The van der Waals surface area contributed by atoms with Crippen LogP contribution < -0.4 is 4.73 Å². The molecule has 200 valence electrons. The van der Waals surface area contributed by atoms with Crippen molar-refractivity contribution in [2.24, 2.45) is 7.05 Å². The molecule has 1 atom stereocenters. The molecule has 0 aliphatic rings. The van der Waals surface area contributed by atoms with Gasteiger partial charge in [0.2, 0.25) is 5.69 Å². The number of aryl methyl sites for hydroxylation is 1. The van der Waals surface area contributed by atoms with Crippen molar-refractivity contribution in [1.29, 1.82) is 0 Å². The Morgan fingerprint density at radius 2 is 1.80 bits per heavy atom. The van der Waals surface area contributed by atoms with Crippen LogP contribution in [0.3, 0.4) is 0 Å². The van der Waals surface area contributed by atoms with E-state index in [4.69, 9.17) is 11.6 Å². The molecule has 11 nitrogen and oxygen atoms in total. The lowest BCUT2D eigenvalue weighted by Crippen LogP contribution is -2.36. The molecule has 0 amide bonds. The van der Waals surface area contributed by atoms with Gasteiger partial charge in [0.05, 0.1) is 39.9 Å². The van der Waals surface area contributed by atoms with Crippen LogP contribution in [0, 0.1) is 16.8 Å². The SMILES string of the molecule is Cn1nncc1-c1cnn([C@@H](Cc2ccc(F)cc2)c2ccc(-c3c(-n4cnnn4)ccc(Cl)c3F)c[n+]2[O-])c1. The number of rotatable bonds is 7. The Morgan fingerprint density at radius 3 is 2.50 bits per heavy atom. The largest absolute Gasteiger partial charge is 0.618 e. The first-order valence-electron chi connectivity index (χ1n) is 12.0. The Morgan fingerprint density at radius 1 is 0.975 bits per heavy atom. The van der Waals surface area contributed by atoms with E-state index in [2.05, 4.69) is 30.9 Å². The third-order valence-electron chi connectivity index (χ3n) is 6.52. The van der Waals surface area contributed by atoms with Gasteiger partial charge in [0.15, 0.2) is 12.0 Å². The smallest absolute Gasteiger partial charge is 0.217 e. The molecule has 40 heavy (non-hydrogen) atoms. The maximum absolute atomic E-state index is 15.3. The van der Waals surface area contributed by atoms with Crippen LogP contribution in [0.15, 0.2) is 79.6 Å². The third-order valence-corrected chi connectivity index (χ3v) is 6.81. The Hall–Kier alpha value is -5.04. The average Bonchev–Trinajstić information content (AvgIpc) is 3.72. The highest BCUT2D eigenvalue weighted by molar-refractivity contribution is 6.31. The Labute approximate surface area is 230 Å². The first-order chi connectivity index (χ1) is 19.4. The van der Waals surface area contributed by atoms with Crippen LogP contribution in [0.5, 0.6) is 0 Å². The van der Waals surface area contributed by atoms with Gasteiger partial charge in [0, 0.05) is 31.3 Å². The molecule has 0 bridgehead atoms. The molecule has 0 aliphatic carbocycles. The van der Waals surface area contributed by atoms with Gasteiger partial charge in [-0.3, -0.25) is 4.68 Å². The normalized spacial score (nSPS) is 12.1. The molecule has 0 unspecified atom stereocenters. The van der Waals surface area contributed by atoms with E-state index in [0.29, 0.717) is 22.5 Å². The van der Waals surface area contributed by atoms with Crippen molar-refractivity contribution in [3.05, 3.63) is 113 Å². The lowest BCUT2D eigenvalue weighted by Gasteiger charge is -2.18. The van der Waals surface area contributed by atoms with Crippen LogP contribution in [0.4, 0.5) is 8.78 Å². The van der Waals surface area contributed by atoms with Gasteiger partial charge in [-0.2, -0.15) is 14.5 Å². The molecular weight excluding hydrogens is 542 g/mol. The minimum Gasteiger partial charge on any atom is -0.618 e. The predicted molar refractivity (Wildman–Crippen MR) is 139 cm³/mol. The Balaban J connectivity index is 1.44. The van der Waals surface area contributed by atoms with Gasteiger partial charge in [-0.1, -0.05) is 28.9 Å². The van der Waals surface area contributed by atoms with E-state index in [0.717, 1.165) is 16.8 Å². The van der Waals surface area contributed by atoms with E-state index in [1.807, 2.05) is 0 Å². The minimum absolute atomic E-state index is 0.0658. The molecule has 2 aromatic carbocycles. The summed E-state index contributed by atoms with van der Waals surface area (Å²) in [5.41, 5.74) is 3.25. The number of pyridine rings is 1. The van der Waals surface area contributed by atoms with Crippen molar-refractivity contribution >= 4 is 11.6 Å². The van der Waals surface area contributed by atoms with Gasteiger partial charge in [-0.15, -0.1) is 10.2 Å². The van der Waals surface area contributed by atoms with E-state index in [1.54, 1.807) is 65.3 Å². The van der Waals surface area contributed by atoms with Gasteiger partial charge in [0.1, 0.15) is 18.2 Å². The second kappa shape index (κ2) is 10.3. The first-order valence-corrected chi connectivity index (χ1v) is 12.4. The van der Waals surface area contributed by atoms with E-state index in [9.17, 15) is 9.60 Å². The molecule has 14 heteroatoms. The average molecular weight is 561 g/mol. The summed E-state index contributed by atoms with van der Waals surface area (Å²) in [5, 5.41) is 36.9. The van der Waals surface area contributed by atoms with Crippen molar-refractivity contribution in [1.82, 2.24) is 45.0 Å². The molecule has 4 heterocycles. The summed E-state index contributed by atoms with van der Waals surface area (Å²) in [6, 6.07) is 11.6. The molecule has 0 radical (unpaired) electrons. The zero-order valence-corrected chi connectivity index (χ0v) is 21.6. The molecule has 0 aliphatic heterocycles. The maximum atomic E-state index is 15.3. The summed E-state index contributed by atoms with van der Waals surface area (Å²) < 4.78 is 34.1. The van der Waals surface area contributed by atoms with Crippen molar-refractivity contribution in [3.63, 3.8) is 0 Å². The highest BCUT2D eigenvalue weighted by Crippen LogP contribution is 2.33. The molecule has 0 N–H and O–H groups in total. The third kappa shape index (κ3) is 4.66. The van der Waals surface area contributed by atoms with Crippen LogP contribution in [0.2, 0.25) is 5.02 Å². The maximum Gasteiger partial charge on any atom is 0.217 e. The van der Waals surface area contributed by atoms with Gasteiger partial charge >= 0.3 is 0 Å². The zero-order valence-electron chi connectivity index (χ0n) is 20.8. The molecular formula is C26H19ClF2N10O. The molecule has 0 saturated carbocycles. The van der Waals surface area contributed by atoms with E-state index in [1.165, 1.54) is 35.4 Å². The standard InChI is InChI=1S/C26H19ClF2N10O/c1-36-24(12-30-34-36)18-11-32-37(13-18)23(10-16-2-5-19(28)6-3-16)21-8-4-17(14-39(21)40)25-22(38-15-31-33-35-38)9-7-20(27)26(25)29/h2-9,11-15,23H,10H2,1H3/t23-/m0/s1. The monoisotopic (exact) mass is 560 g/mol. The second-order valence-electron chi connectivity index (χ2n) is 8.98. The van der Waals surface area contributed by atoms with Gasteiger partial charge in [-0.05, 0) is 46.3 Å². The van der Waals surface area contributed by atoms with Gasteiger partial charge in [-0.25, -0.2) is 13.5 Å². The topological polar surface area (TPSA) is 119 Å². The predicted octanol–water partition coefficient (Wildman–Crippen LogP) is 3.72. The van der Waals surface area contributed by atoms with Crippen molar-refractivity contribution in [2.75, 3.05) is 0 Å². The summed E-state index contributed by atoms with van der Waals surface area (Å²) in [4.78, 5) is 0. The van der Waals surface area contributed by atoms with Crippen LogP contribution in [-0.4, -0.2) is 45.0 Å². The quantitative estimate of drug-likeness (QED) is 0.216. The number of hydrogen-bond donors (Lipinski definition) is 0. The van der Waals surface area contributed by atoms with Crippen LogP contribution in [0.1, 0.15) is 17.3 Å². The lowest BCUT2D eigenvalue weighted by molar-refractivity contribution is -0.615. The van der Waals surface area contributed by atoms with Crippen LogP contribution in [0.25, 0.3) is 28.1 Å². The van der Waals surface area contributed by atoms with Crippen LogP contribution in [-0.2, 0) is 13.5 Å².